The molecule has 0 aromatic carbocycles. The van der Waals surface area contributed by atoms with E-state index in [9.17, 15) is 4.79 Å². The molecule has 0 aliphatic heterocycles. The molecular formula is C15H29N3O. The van der Waals surface area contributed by atoms with E-state index in [-0.39, 0.29) is 11.4 Å². The Kier molecular flexibility index (Phi) is 5.22. The third kappa shape index (κ3) is 4.18. The third-order valence-corrected chi connectivity index (χ3v) is 4.98. The molecule has 1 amide bonds. The van der Waals surface area contributed by atoms with E-state index in [1.54, 1.807) is 0 Å². The van der Waals surface area contributed by atoms with Crippen LogP contribution in [0.5, 0.6) is 0 Å². The summed E-state index contributed by atoms with van der Waals surface area (Å²) < 4.78 is 0. The monoisotopic (exact) mass is 267 g/mol. The zero-order chi connectivity index (χ0) is 13.7. The van der Waals surface area contributed by atoms with Crippen molar-refractivity contribution >= 4 is 5.91 Å². The summed E-state index contributed by atoms with van der Waals surface area (Å²) in [5, 5.41) is 6.62. The molecule has 0 radical (unpaired) electrons. The van der Waals surface area contributed by atoms with Gasteiger partial charge in [0.15, 0.2) is 0 Å². The number of carbonyl (C=O) groups excluding carboxylic acids is 1. The van der Waals surface area contributed by atoms with Crippen LogP contribution in [0, 0.1) is 0 Å². The second-order valence-electron chi connectivity index (χ2n) is 6.45. The van der Waals surface area contributed by atoms with Crippen molar-refractivity contribution in [2.24, 2.45) is 5.73 Å². The van der Waals surface area contributed by atoms with E-state index < -0.39 is 0 Å². The van der Waals surface area contributed by atoms with Gasteiger partial charge in [0.25, 0.3) is 0 Å². The van der Waals surface area contributed by atoms with Crippen LogP contribution in [0.4, 0.5) is 0 Å². The van der Waals surface area contributed by atoms with Gasteiger partial charge in [-0.25, -0.2) is 0 Å². The Labute approximate surface area is 116 Å². The second-order valence-corrected chi connectivity index (χ2v) is 6.45. The van der Waals surface area contributed by atoms with Gasteiger partial charge >= 0.3 is 0 Å². The highest BCUT2D eigenvalue weighted by Gasteiger charge is 2.33. The van der Waals surface area contributed by atoms with Crippen molar-refractivity contribution in [3.63, 3.8) is 0 Å². The van der Waals surface area contributed by atoms with Crippen molar-refractivity contribution in [1.82, 2.24) is 10.6 Å². The zero-order valence-electron chi connectivity index (χ0n) is 12.2. The third-order valence-electron chi connectivity index (χ3n) is 4.98. The van der Waals surface area contributed by atoms with Crippen molar-refractivity contribution < 1.29 is 4.79 Å². The largest absolute Gasteiger partial charge is 0.353 e. The predicted octanol–water partition coefficient (Wildman–Crippen LogP) is 1.68. The van der Waals surface area contributed by atoms with Gasteiger partial charge in [0.2, 0.25) is 5.91 Å². The maximum atomic E-state index is 12.2. The van der Waals surface area contributed by atoms with E-state index >= 15 is 0 Å². The molecule has 0 saturated heterocycles. The lowest BCUT2D eigenvalue weighted by Crippen LogP contribution is -2.50. The van der Waals surface area contributed by atoms with Gasteiger partial charge in [-0.3, -0.25) is 4.79 Å². The van der Waals surface area contributed by atoms with Crippen LogP contribution in [0.15, 0.2) is 0 Å². The molecule has 4 N–H and O–H groups in total. The van der Waals surface area contributed by atoms with Gasteiger partial charge in [-0.15, -0.1) is 0 Å². The number of rotatable bonds is 4. The van der Waals surface area contributed by atoms with Gasteiger partial charge in [-0.2, -0.15) is 0 Å². The van der Waals surface area contributed by atoms with Gasteiger partial charge < -0.3 is 16.4 Å². The maximum absolute atomic E-state index is 12.2. The van der Waals surface area contributed by atoms with Crippen molar-refractivity contribution in [3.05, 3.63) is 0 Å². The van der Waals surface area contributed by atoms with E-state index in [1.807, 2.05) is 7.05 Å². The van der Waals surface area contributed by atoms with Crippen LogP contribution in [-0.2, 0) is 4.79 Å². The second kappa shape index (κ2) is 6.71. The minimum Gasteiger partial charge on any atom is -0.353 e. The van der Waals surface area contributed by atoms with Crippen LogP contribution in [0.3, 0.4) is 0 Å². The normalized spacial score (nSPS) is 30.8. The fourth-order valence-corrected chi connectivity index (χ4v) is 3.59. The molecule has 4 nitrogen and oxygen atoms in total. The van der Waals surface area contributed by atoms with Gasteiger partial charge in [0, 0.05) is 24.0 Å². The van der Waals surface area contributed by atoms with Crippen molar-refractivity contribution in [2.45, 2.75) is 81.8 Å². The molecular weight excluding hydrogens is 238 g/mol. The molecule has 0 bridgehead atoms. The topological polar surface area (TPSA) is 67.2 Å². The lowest BCUT2D eigenvalue weighted by atomic mass is 9.79. The highest BCUT2D eigenvalue weighted by atomic mass is 16.1. The molecule has 0 unspecified atom stereocenters. The Hall–Kier alpha value is -0.610. The van der Waals surface area contributed by atoms with Crippen LogP contribution in [0.25, 0.3) is 0 Å². The standard InChI is InChI=1S/C15H29N3O/c1-17-15(9-3-2-4-10-15)11-14(19)18-13-7-5-12(16)6-8-13/h12-13,17H,2-11,16H2,1H3,(H,18,19). The predicted molar refractivity (Wildman–Crippen MR) is 77.9 cm³/mol. The van der Waals surface area contributed by atoms with Crippen LogP contribution < -0.4 is 16.4 Å². The highest BCUT2D eigenvalue weighted by Crippen LogP contribution is 2.30. The van der Waals surface area contributed by atoms with Crippen molar-refractivity contribution in [3.8, 4) is 0 Å². The Bertz CT molecular complexity index is 292. The van der Waals surface area contributed by atoms with E-state index in [4.69, 9.17) is 5.73 Å². The number of nitrogens with one attached hydrogen (secondary N) is 2. The van der Waals surface area contributed by atoms with E-state index in [2.05, 4.69) is 10.6 Å². The molecule has 0 atom stereocenters. The van der Waals surface area contributed by atoms with Gasteiger partial charge in [-0.05, 0) is 45.6 Å². The lowest BCUT2D eigenvalue weighted by molar-refractivity contribution is -0.123. The van der Waals surface area contributed by atoms with Crippen LogP contribution >= 0.6 is 0 Å². The smallest absolute Gasteiger partial charge is 0.222 e. The molecule has 2 rings (SSSR count). The first-order valence-corrected chi connectivity index (χ1v) is 7.87. The first-order chi connectivity index (χ1) is 9.13. The van der Waals surface area contributed by atoms with Crippen LogP contribution in [0.1, 0.15) is 64.2 Å². The quantitative estimate of drug-likeness (QED) is 0.726. The molecule has 4 heteroatoms. The average Bonchev–Trinajstić information content (AvgIpc) is 2.42. The summed E-state index contributed by atoms with van der Waals surface area (Å²) in [6.45, 7) is 0. The molecule has 19 heavy (non-hydrogen) atoms. The highest BCUT2D eigenvalue weighted by molar-refractivity contribution is 5.77. The zero-order valence-corrected chi connectivity index (χ0v) is 12.2. The van der Waals surface area contributed by atoms with Gasteiger partial charge in [0.05, 0.1) is 0 Å². The first-order valence-electron chi connectivity index (χ1n) is 7.87. The van der Waals surface area contributed by atoms with E-state index in [0.29, 0.717) is 18.5 Å². The van der Waals surface area contributed by atoms with Crippen molar-refractivity contribution in [1.29, 1.82) is 0 Å². The number of hydrogen-bond acceptors (Lipinski definition) is 3. The van der Waals surface area contributed by atoms with Gasteiger partial charge in [0.1, 0.15) is 0 Å². The van der Waals surface area contributed by atoms with E-state index in [1.165, 1.54) is 19.3 Å². The molecule has 2 aliphatic carbocycles. The fraction of sp³-hybridized carbons (Fsp3) is 0.933. The summed E-state index contributed by atoms with van der Waals surface area (Å²) in [6, 6.07) is 0.694. The molecule has 0 heterocycles. The first kappa shape index (κ1) is 14.8. The summed E-state index contributed by atoms with van der Waals surface area (Å²) in [6.07, 6.45) is 10.9. The summed E-state index contributed by atoms with van der Waals surface area (Å²) in [7, 11) is 2.00. The number of nitrogens with two attached hydrogens (primary N) is 1. The number of amides is 1. The Balaban J connectivity index is 1.79. The van der Waals surface area contributed by atoms with Gasteiger partial charge in [-0.1, -0.05) is 19.3 Å². The number of carbonyl (C=O) groups is 1. The lowest BCUT2D eigenvalue weighted by Gasteiger charge is -2.37. The molecule has 0 aromatic heterocycles. The molecule has 110 valence electrons. The van der Waals surface area contributed by atoms with Crippen molar-refractivity contribution in [2.75, 3.05) is 7.05 Å². The molecule has 0 spiro atoms. The summed E-state index contributed by atoms with van der Waals surface area (Å²) in [4.78, 5) is 12.2. The molecule has 2 aliphatic rings. The summed E-state index contributed by atoms with van der Waals surface area (Å²) in [5.41, 5.74) is 5.95. The summed E-state index contributed by atoms with van der Waals surface area (Å²) >= 11 is 0. The Morgan fingerprint density at radius 3 is 2.37 bits per heavy atom. The Morgan fingerprint density at radius 1 is 1.16 bits per heavy atom. The average molecular weight is 267 g/mol. The fourth-order valence-electron chi connectivity index (χ4n) is 3.59. The minimum absolute atomic E-state index is 0.0490. The SMILES string of the molecule is CNC1(CC(=O)NC2CCC(N)CC2)CCCCC1. The van der Waals surface area contributed by atoms with Crippen LogP contribution in [0.2, 0.25) is 0 Å². The maximum Gasteiger partial charge on any atom is 0.222 e. The van der Waals surface area contributed by atoms with E-state index in [0.717, 1.165) is 38.5 Å². The Morgan fingerprint density at radius 2 is 1.79 bits per heavy atom. The molecule has 0 aromatic rings. The molecule has 2 fully saturated rings. The number of hydrogen-bond donors (Lipinski definition) is 3. The molecule has 2 saturated carbocycles. The minimum atomic E-state index is 0.0490. The summed E-state index contributed by atoms with van der Waals surface area (Å²) in [5.74, 6) is 0.219. The van der Waals surface area contributed by atoms with Crippen LogP contribution in [-0.4, -0.2) is 30.6 Å².